The minimum Gasteiger partial charge on any atom is -0.321 e. The molecule has 0 aromatic heterocycles. The van der Waals surface area contributed by atoms with Crippen LogP contribution in [0.25, 0.3) is 6.08 Å². The van der Waals surface area contributed by atoms with Crippen molar-refractivity contribution in [2.75, 3.05) is 5.32 Å². The summed E-state index contributed by atoms with van der Waals surface area (Å²) < 4.78 is 0.841. The first kappa shape index (κ1) is 16.1. The van der Waals surface area contributed by atoms with Gasteiger partial charge in [0.25, 0.3) is 0 Å². The molecule has 1 amide bonds. The van der Waals surface area contributed by atoms with Crippen molar-refractivity contribution >= 4 is 56.8 Å². The third-order valence-corrected chi connectivity index (χ3v) is 3.98. The molecule has 0 aliphatic carbocycles. The number of nitrogens with one attached hydrogen (secondary N) is 1. The largest absolute Gasteiger partial charge is 0.321 e. The molecule has 2 aromatic rings. The van der Waals surface area contributed by atoms with E-state index in [4.69, 9.17) is 23.2 Å². The molecule has 0 saturated heterocycles. The van der Waals surface area contributed by atoms with Crippen LogP contribution in [0.3, 0.4) is 0 Å². The molecular formula is C16H12BrCl2NO. The summed E-state index contributed by atoms with van der Waals surface area (Å²) in [6.45, 7) is 1.98. The van der Waals surface area contributed by atoms with Gasteiger partial charge in [0.2, 0.25) is 5.91 Å². The van der Waals surface area contributed by atoms with Crippen molar-refractivity contribution in [3.63, 3.8) is 0 Å². The molecule has 0 fully saturated rings. The van der Waals surface area contributed by atoms with Gasteiger partial charge in [0.1, 0.15) is 0 Å². The van der Waals surface area contributed by atoms with Crippen LogP contribution < -0.4 is 5.32 Å². The molecule has 2 rings (SSSR count). The van der Waals surface area contributed by atoms with E-state index in [0.29, 0.717) is 10.0 Å². The van der Waals surface area contributed by atoms with Gasteiger partial charge in [-0.1, -0.05) is 35.3 Å². The zero-order chi connectivity index (χ0) is 15.4. The number of hydrogen-bond donors (Lipinski definition) is 1. The minimum atomic E-state index is -0.231. The first-order valence-electron chi connectivity index (χ1n) is 6.16. The van der Waals surface area contributed by atoms with E-state index in [1.165, 1.54) is 6.08 Å². The first-order chi connectivity index (χ1) is 9.95. The van der Waals surface area contributed by atoms with Gasteiger partial charge in [0.15, 0.2) is 0 Å². The number of anilines is 1. The van der Waals surface area contributed by atoms with E-state index < -0.39 is 0 Å². The number of carbonyl (C=O) groups excluding carboxylic acids is 1. The Labute approximate surface area is 141 Å². The highest BCUT2D eigenvalue weighted by molar-refractivity contribution is 9.10. The number of rotatable bonds is 3. The average Bonchev–Trinajstić information content (AvgIpc) is 2.41. The lowest BCUT2D eigenvalue weighted by Crippen LogP contribution is -2.08. The highest BCUT2D eigenvalue weighted by atomic mass is 79.9. The molecule has 0 spiro atoms. The first-order valence-corrected chi connectivity index (χ1v) is 7.71. The van der Waals surface area contributed by atoms with Crippen LogP contribution in [0, 0.1) is 6.92 Å². The van der Waals surface area contributed by atoms with Gasteiger partial charge >= 0.3 is 0 Å². The molecular weight excluding hydrogens is 373 g/mol. The van der Waals surface area contributed by atoms with Crippen molar-refractivity contribution in [3.05, 3.63) is 68.1 Å². The van der Waals surface area contributed by atoms with Crippen molar-refractivity contribution in [2.45, 2.75) is 6.92 Å². The third kappa shape index (κ3) is 4.60. The average molecular weight is 385 g/mol. The van der Waals surface area contributed by atoms with Crippen molar-refractivity contribution in [1.82, 2.24) is 0 Å². The third-order valence-electron chi connectivity index (χ3n) is 2.76. The maximum absolute atomic E-state index is 11.9. The van der Waals surface area contributed by atoms with Crippen molar-refractivity contribution in [2.24, 2.45) is 0 Å². The maximum Gasteiger partial charge on any atom is 0.248 e. The van der Waals surface area contributed by atoms with Crippen molar-refractivity contribution < 1.29 is 4.79 Å². The summed E-state index contributed by atoms with van der Waals surface area (Å²) in [7, 11) is 0. The molecule has 0 heterocycles. The van der Waals surface area contributed by atoms with Crippen LogP contribution in [0.1, 0.15) is 11.1 Å². The smallest absolute Gasteiger partial charge is 0.248 e. The molecule has 0 saturated carbocycles. The zero-order valence-electron chi connectivity index (χ0n) is 11.2. The van der Waals surface area contributed by atoms with E-state index in [0.717, 1.165) is 21.3 Å². The fraction of sp³-hybridized carbons (Fsp3) is 0.0625. The van der Waals surface area contributed by atoms with Gasteiger partial charge in [0, 0.05) is 20.6 Å². The Bertz CT molecular complexity index is 713. The summed E-state index contributed by atoms with van der Waals surface area (Å²) in [5, 5.41) is 3.86. The number of benzene rings is 2. The Balaban J connectivity index is 2.09. The SMILES string of the molecule is Cc1ccc(NC(=O)/C=C/c2ccc(Cl)cc2Cl)c(Br)c1. The summed E-state index contributed by atoms with van der Waals surface area (Å²) in [6.07, 6.45) is 3.08. The van der Waals surface area contributed by atoms with E-state index in [-0.39, 0.29) is 5.91 Å². The van der Waals surface area contributed by atoms with Crippen LogP contribution in [-0.4, -0.2) is 5.91 Å². The Morgan fingerprint density at radius 2 is 1.95 bits per heavy atom. The van der Waals surface area contributed by atoms with Crippen LogP contribution >= 0.6 is 39.1 Å². The highest BCUT2D eigenvalue weighted by Crippen LogP contribution is 2.24. The number of amides is 1. The van der Waals surface area contributed by atoms with E-state index in [2.05, 4.69) is 21.2 Å². The molecule has 2 nitrogen and oxygen atoms in total. The Morgan fingerprint density at radius 1 is 1.19 bits per heavy atom. The summed E-state index contributed by atoms with van der Waals surface area (Å²) in [4.78, 5) is 11.9. The van der Waals surface area contributed by atoms with Gasteiger partial charge in [0.05, 0.1) is 5.69 Å². The quantitative estimate of drug-likeness (QED) is 0.674. The van der Waals surface area contributed by atoms with Crippen LogP contribution in [0.4, 0.5) is 5.69 Å². The lowest BCUT2D eigenvalue weighted by molar-refractivity contribution is -0.111. The highest BCUT2D eigenvalue weighted by Gasteiger charge is 2.03. The second-order valence-electron chi connectivity index (χ2n) is 4.47. The number of hydrogen-bond acceptors (Lipinski definition) is 1. The zero-order valence-corrected chi connectivity index (χ0v) is 14.3. The monoisotopic (exact) mass is 383 g/mol. The molecule has 0 radical (unpaired) electrons. The molecule has 5 heteroatoms. The van der Waals surface area contributed by atoms with Crippen molar-refractivity contribution in [3.8, 4) is 0 Å². The van der Waals surface area contributed by atoms with Gasteiger partial charge < -0.3 is 5.32 Å². The van der Waals surface area contributed by atoms with E-state index in [1.807, 2.05) is 25.1 Å². The molecule has 21 heavy (non-hydrogen) atoms. The maximum atomic E-state index is 11.9. The van der Waals surface area contributed by atoms with Crippen molar-refractivity contribution in [1.29, 1.82) is 0 Å². The van der Waals surface area contributed by atoms with Gasteiger partial charge in [-0.15, -0.1) is 0 Å². The lowest BCUT2D eigenvalue weighted by atomic mass is 10.2. The minimum absolute atomic E-state index is 0.231. The fourth-order valence-electron chi connectivity index (χ4n) is 1.70. The molecule has 0 unspecified atom stereocenters. The summed E-state index contributed by atoms with van der Waals surface area (Å²) in [5.41, 5.74) is 2.57. The van der Waals surface area contributed by atoms with Gasteiger partial charge in [-0.05, 0) is 64.3 Å². The van der Waals surface area contributed by atoms with Crippen LogP contribution in [0.2, 0.25) is 10.0 Å². The van der Waals surface area contributed by atoms with E-state index >= 15 is 0 Å². The number of carbonyl (C=O) groups is 1. The summed E-state index contributed by atoms with van der Waals surface area (Å²) in [6, 6.07) is 10.8. The second-order valence-corrected chi connectivity index (χ2v) is 6.17. The standard InChI is InChI=1S/C16H12BrCl2NO/c1-10-2-6-15(13(17)8-10)20-16(21)7-4-11-3-5-12(18)9-14(11)19/h2-9H,1H3,(H,20,21)/b7-4+. The van der Waals surface area contributed by atoms with Gasteiger partial charge in [-0.2, -0.15) is 0 Å². The normalized spacial score (nSPS) is 10.9. The summed E-state index contributed by atoms with van der Waals surface area (Å²) in [5.74, 6) is -0.231. The Kier molecular flexibility index (Phi) is 5.45. The fourth-order valence-corrected chi connectivity index (χ4v) is 2.76. The van der Waals surface area contributed by atoms with Gasteiger partial charge in [-0.25, -0.2) is 0 Å². The molecule has 0 aliphatic heterocycles. The van der Waals surface area contributed by atoms with E-state index in [1.54, 1.807) is 24.3 Å². The molecule has 2 aromatic carbocycles. The number of halogens is 3. The van der Waals surface area contributed by atoms with E-state index in [9.17, 15) is 4.79 Å². The predicted molar refractivity (Wildman–Crippen MR) is 93.0 cm³/mol. The van der Waals surface area contributed by atoms with Crippen LogP contribution in [0.5, 0.6) is 0 Å². The topological polar surface area (TPSA) is 29.1 Å². The Morgan fingerprint density at radius 3 is 2.62 bits per heavy atom. The lowest BCUT2D eigenvalue weighted by Gasteiger charge is -2.06. The van der Waals surface area contributed by atoms with Crippen LogP contribution in [0.15, 0.2) is 46.9 Å². The molecule has 0 atom stereocenters. The number of aryl methyl sites for hydroxylation is 1. The molecule has 0 aliphatic rings. The molecule has 0 bridgehead atoms. The predicted octanol–water partition coefficient (Wildman–Crippen LogP) is 5.72. The second kappa shape index (κ2) is 7.12. The summed E-state index contributed by atoms with van der Waals surface area (Å²) >= 11 is 15.3. The van der Waals surface area contributed by atoms with Crippen LogP contribution in [-0.2, 0) is 4.79 Å². The molecule has 108 valence electrons. The Hall–Kier alpha value is -1.29. The molecule has 1 N–H and O–H groups in total. The van der Waals surface area contributed by atoms with Gasteiger partial charge in [-0.3, -0.25) is 4.79 Å².